The molecule has 5 nitrogen and oxygen atoms in total. The molecule has 142 valence electrons. The molecule has 3 rings (SSSR count). The lowest BCUT2D eigenvalue weighted by Crippen LogP contribution is -2.28. The second kappa shape index (κ2) is 8.86. The van der Waals surface area contributed by atoms with Gasteiger partial charge in [0.1, 0.15) is 6.04 Å². The molecule has 1 unspecified atom stereocenters. The van der Waals surface area contributed by atoms with Gasteiger partial charge in [-0.2, -0.15) is 0 Å². The Morgan fingerprint density at radius 1 is 0.821 bits per heavy atom. The van der Waals surface area contributed by atoms with Crippen molar-refractivity contribution in [2.75, 3.05) is 10.6 Å². The maximum atomic E-state index is 12.5. The third kappa shape index (κ3) is 4.57. The Kier molecular flexibility index (Phi) is 6.07. The number of rotatable bonds is 8. The van der Waals surface area contributed by atoms with E-state index in [9.17, 15) is 14.7 Å². The summed E-state index contributed by atoms with van der Waals surface area (Å²) in [6, 6.07) is 23.2. The van der Waals surface area contributed by atoms with E-state index in [-0.39, 0.29) is 5.78 Å². The van der Waals surface area contributed by atoms with Crippen LogP contribution in [0.2, 0.25) is 0 Å². The Hall–Kier alpha value is -3.60. The third-order valence-electron chi connectivity index (χ3n) is 4.43. The molecule has 0 aliphatic carbocycles. The fraction of sp³-hybridized carbons (Fsp3) is 0.130. The van der Waals surface area contributed by atoms with Gasteiger partial charge in [0.05, 0.1) is 11.4 Å². The van der Waals surface area contributed by atoms with Gasteiger partial charge in [-0.05, 0) is 42.8 Å². The second-order valence-electron chi connectivity index (χ2n) is 6.39. The molecule has 0 aliphatic heterocycles. The first kappa shape index (κ1) is 19.2. The van der Waals surface area contributed by atoms with E-state index in [0.717, 1.165) is 11.4 Å². The van der Waals surface area contributed by atoms with Crippen molar-refractivity contribution >= 4 is 28.8 Å². The van der Waals surface area contributed by atoms with E-state index in [0.29, 0.717) is 23.2 Å². The summed E-state index contributed by atoms with van der Waals surface area (Å²) in [5.74, 6) is -0.914. The molecule has 0 amide bonds. The number of ketones is 1. The van der Waals surface area contributed by atoms with Crippen LogP contribution in [0.3, 0.4) is 0 Å². The first-order valence-corrected chi connectivity index (χ1v) is 9.13. The minimum atomic E-state index is -0.888. The lowest BCUT2D eigenvalue weighted by molar-refractivity contribution is -0.137. The summed E-state index contributed by atoms with van der Waals surface area (Å²) in [5.41, 5.74) is 3.55. The first-order chi connectivity index (χ1) is 13.6. The molecule has 0 radical (unpaired) electrons. The molecular weight excluding hydrogens is 352 g/mol. The molecule has 0 saturated heterocycles. The lowest BCUT2D eigenvalue weighted by Gasteiger charge is -2.18. The average molecular weight is 374 g/mol. The number of benzene rings is 3. The zero-order valence-corrected chi connectivity index (χ0v) is 15.6. The zero-order chi connectivity index (χ0) is 19.9. The molecule has 5 heteroatoms. The van der Waals surface area contributed by atoms with Crippen LogP contribution in [0.25, 0.3) is 0 Å². The number of hydrogen-bond donors (Lipinski definition) is 3. The molecule has 28 heavy (non-hydrogen) atoms. The highest BCUT2D eigenvalue weighted by atomic mass is 16.4. The van der Waals surface area contributed by atoms with Gasteiger partial charge in [-0.25, -0.2) is 4.79 Å². The fourth-order valence-electron chi connectivity index (χ4n) is 2.86. The number of hydrogen-bond acceptors (Lipinski definition) is 4. The van der Waals surface area contributed by atoms with Crippen molar-refractivity contribution in [3.05, 3.63) is 90.0 Å². The van der Waals surface area contributed by atoms with Crippen LogP contribution < -0.4 is 10.6 Å². The van der Waals surface area contributed by atoms with Crippen molar-refractivity contribution in [2.24, 2.45) is 0 Å². The summed E-state index contributed by atoms with van der Waals surface area (Å²) in [5, 5.41) is 15.6. The molecule has 0 bridgehead atoms. The molecule has 0 heterocycles. The van der Waals surface area contributed by atoms with Gasteiger partial charge in [0.2, 0.25) is 0 Å². The van der Waals surface area contributed by atoms with Crippen LogP contribution >= 0.6 is 0 Å². The van der Waals surface area contributed by atoms with E-state index in [2.05, 4.69) is 10.6 Å². The standard InChI is InChI=1S/C23H22N2O3/c1-2-19(23(27)28)25-21-11-7-6-10-20(21)24-18-14-12-17(13-15-18)22(26)16-8-4-3-5-9-16/h3-15,19,24-25H,2H2,1H3,(H,27,28). The number of carbonyl (C=O) groups excluding carboxylic acids is 1. The van der Waals surface area contributed by atoms with Crippen molar-refractivity contribution < 1.29 is 14.7 Å². The molecule has 3 aromatic carbocycles. The van der Waals surface area contributed by atoms with E-state index >= 15 is 0 Å². The maximum Gasteiger partial charge on any atom is 0.326 e. The van der Waals surface area contributed by atoms with Crippen LogP contribution in [0.5, 0.6) is 0 Å². The molecule has 0 aromatic heterocycles. The molecular formula is C23H22N2O3. The summed E-state index contributed by atoms with van der Waals surface area (Å²) < 4.78 is 0. The molecule has 0 spiro atoms. The van der Waals surface area contributed by atoms with Crippen LogP contribution in [-0.2, 0) is 4.79 Å². The van der Waals surface area contributed by atoms with Crippen molar-refractivity contribution in [3.8, 4) is 0 Å². The van der Waals surface area contributed by atoms with E-state index in [1.807, 2.05) is 61.5 Å². The van der Waals surface area contributed by atoms with Gasteiger partial charge in [0.15, 0.2) is 5.78 Å². The largest absolute Gasteiger partial charge is 0.480 e. The highest BCUT2D eigenvalue weighted by Gasteiger charge is 2.16. The Morgan fingerprint density at radius 2 is 1.39 bits per heavy atom. The lowest BCUT2D eigenvalue weighted by atomic mass is 10.0. The maximum absolute atomic E-state index is 12.5. The topological polar surface area (TPSA) is 78.4 Å². The van der Waals surface area contributed by atoms with Gasteiger partial charge in [-0.3, -0.25) is 4.79 Å². The Balaban J connectivity index is 1.76. The number of nitrogens with one attached hydrogen (secondary N) is 2. The van der Waals surface area contributed by atoms with Crippen LogP contribution in [0.15, 0.2) is 78.9 Å². The van der Waals surface area contributed by atoms with Crippen LogP contribution in [0, 0.1) is 0 Å². The summed E-state index contributed by atoms with van der Waals surface area (Å²) in [6.07, 6.45) is 0.472. The molecule has 3 aromatic rings. The van der Waals surface area contributed by atoms with Crippen molar-refractivity contribution in [3.63, 3.8) is 0 Å². The summed E-state index contributed by atoms with van der Waals surface area (Å²) >= 11 is 0. The predicted octanol–water partition coefficient (Wildman–Crippen LogP) is 4.94. The van der Waals surface area contributed by atoms with Crippen molar-refractivity contribution in [1.82, 2.24) is 0 Å². The Bertz CT molecular complexity index is 953. The normalized spacial score (nSPS) is 11.5. The number of carboxylic acids is 1. The van der Waals surface area contributed by atoms with Crippen molar-refractivity contribution in [2.45, 2.75) is 19.4 Å². The van der Waals surface area contributed by atoms with E-state index < -0.39 is 12.0 Å². The minimum Gasteiger partial charge on any atom is -0.480 e. The molecule has 0 saturated carbocycles. The number of aliphatic carboxylic acids is 1. The molecule has 3 N–H and O–H groups in total. The Morgan fingerprint density at radius 3 is 2.00 bits per heavy atom. The van der Waals surface area contributed by atoms with Gasteiger partial charge in [-0.15, -0.1) is 0 Å². The first-order valence-electron chi connectivity index (χ1n) is 9.13. The number of anilines is 3. The SMILES string of the molecule is CCC(Nc1ccccc1Nc1ccc(C(=O)c2ccccc2)cc1)C(=O)O. The minimum absolute atomic E-state index is 0.0264. The second-order valence-corrected chi connectivity index (χ2v) is 6.39. The Labute approximate surface area is 164 Å². The highest BCUT2D eigenvalue weighted by Crippen LogP contribution is 2.26. The predicted molar refractivity (Wildman–Crippen MR) is 111 cm³/mol. The van der Waals surface area contributed by atoms with Gasteiger partial charge >= 0.3 is 5.97 Å². The average Bonchev–Trinajstić information content (AvgIpc) is 2.73. The van der Waals surface area contributed by atoms with Crippen LogP contribution in [-0.4, -0.2) is 22.9 Å². The summed E-state index contributed by atoms with van der Waals surface area (Å²) in [7, 11) is 0. The fourth-order valence-corrected chi connectivity index (χ4v) is 2.86. The zero-order valence-electron chi connectivity index (χ0n) is 15.6. The third-order valence-corrected chi connectivity index (χ3v) is 4.43. The van der Waals surface area contributed by atoms with Crippen LogP contribution in [0.4, 0.5) is 17.1 Å². The smallest absolute Gasteiger partial charge is 0.326 e. The van der Waals surface area contributed by atoms with Crippen LogP contribution in [0.1, 0.15) is 29.3 Å². The highest BCUT2D eigenvalue weighted by molar-refractivity contribution is 6.09. The number of carboxylic acid groups (broad SMARTS) is 1. The molecule has 1 atom stereocenters. The summed E-state index contributed by atoms with van der Waals surface area (Å²) in [4.78, 5) is 23.8. The van der Waals surface area contributed by atoms with Gasteiger partial charge in [0.25, 0.3) is 0 Å². The van der Waals surface area contributed by atoms with Gasteiger partial charge in [-0.1, -0.05) is 49.4 Å². The van der Waals surface area contributed by atoms with E-state index in [1.54, 1.807) is 24.3 Å². The molecule has 0 fully saturated rings. The van der Waals surface area contributed by atoms with E-state index in [4.69, 9.17) is 0 Å². The quantitative estimate of drug-likeness (QED) is 0.487. The number of carbonyl (C=O) groups is 2. The molecule has 0 aliphatic rings. The van der Waals surface area contributed by atoms with Gasteiger partial charge in [0, 0.05) is 16.8 Å². The van der Waals surface area contributed by atoms with Gasteiger partial charge < -0.3 is 15.7 Å². The summed E-state index contributed by atoms with van der Waals surface area (Å²) in [6.45, 7) is 1.82. The van der Waals surface area contributed by atoms with Crippen molar-refractivity contribution in [1.29, 1.82) is 0 Å². The van der Waals surface area contributed by atoms with E-state index in [1.165, 1.54) is 0 Å². The number of para-hydroxylation sites is 2. The monoisotopic (exact) mass is 374 g/mol.